The molecular weight excluding hydrogens is 352 g/mol. The number of aliphatic hydroxyl groups excluding tert-OH is 1. The highest BCUT2D eigenvalue weighted by Gasteiger charge is 2.29. The second kappa shape index (κ2) is 6.87. The Kier molecular flexibility index (Phi) is 4.20. The number of aryl methyl sites for hydroxylation is 1. The van der Waals surface area contributed by atoms with E-state index in [4.69, 9.17) is 5.10 Å². The average molecular weight is 374 g/mol. The normalized spacial score (nSPS) is 22.7. The third-order valence-electron chi connectivity index (χ3n) is 5.95. The van der Waals surface area contributed by atoms with E-state index in [2.05, 4.69) is 28.5 Å². The number of nitrogens with zero attached hydrogens (tertiary/aromatic N) is 4. The van der Waals surface area contributed by atoms with Crippen molar-refractivity contribution in [1.82, 2.24) is 14.8 Å². The van der Waals surface area contributed by atoms with Crippen LogP contribution >= 0.6 is 0 Å². The fourth-order valence-electron chi connectivity index (χ4n) is 4.47. The molecule has 2 heterocycles. The quantitative estimate of drug-likeness (QED) is 0.539. The molecule has 1 fully saturated rings. The Morgan fingerprint density at radius 3 is 2.61 bits per heavy atom. The zero-order chi connectivity index (χ0) is 19.1. The first-order valence-electron chi connectivity index (χ1n) is 9.77. The van der Waals surface area contributed by atoms with Crippen molar-refractivity contribution in [2.75, 3.05) is 0 Å². The van der Waals surface area contributed by atoms with Gasteiger partial charge in [0.1, 0.15) is 5.69 Å². The fourth-order valence-corrected chi connectivity index (χ4v) is 4.47. The Balaban J connectivity index is 1.63. The van der Waals surface area contributed by atoms with Crippen molar-refractivity contribution in [3.63, 3.8) is 0 Å². The summed E-state index contributed by atoms with van der Waals surface area (Å²) in [6.07, 6.45) is 9.69. The van der Waals surface area contributed by atoms with Gasteiger partial charge in [0.25, 0.3) is 0 Å². The zero-order valence-electron chi connectivity index (χ0n) is 15.5. The van der Waals surface area contributed by atoms with Gasteiger partial charge >= 0.3 is 0 Å². The fraction of sp³-hybridized carbons (Fsp3) is 0.318. The van der Waals surface area contributed by atoms with Crippen molar-refractivity contribution in [3.8, 4) is 22.4 Å². The van der Waals surface area contributed by atoms with Crippen LogP contribution in [0.3, 0.4) is 0 Å². The van der Waals surface area contributed by atoms with Gasteiger partial charge in [-0.2, -0.15) is 5.10 Å². The molecule has 3 aromatic rings. The summed E-state index contributed by atoms with van der Waals surface area (Å²) < 4.78 is 1.94. The molecule has 6 nitrogen and oxygen atoms in total. The molecule has 28 heavy (non-hydrogen) atoms. The average Bonchev–Trinajstić information content (AvgIpc) is 3.45. The molecule has 1 aromatic carbocycles. The number of benzene rings is 1. The molecule has 2 aliphatic carbocycles. The van der Waals surface area contributed by atoms with Gasteiger partial charge in [-0.05, 0) is 55.4 Å². The molecule has 0 saturated heterocycles. The van der Waals surface area contributed by atoms with Gasteiger partial charge in [-0.25, -0.2) is 0 Å². The molecule has 5 rings (SSSR count). The Morgan fingerprint density at radius 2 is 1.86 bits per heavy atom. The summed E-state index contributed by atoms with van der Waals surface area (Å²) >= 11 is 0. The van der Waals surface area contributed by atoms with E-state index >= 15 is 0 Å². The van der Waals surface area contributed by atoms with Crippen molar-refractivity contribution in [1.29, 1.82) is 0 Å². The number of rotatable bonds is 3. The predicted octanol–water partition coefficient (Wildman–Crippen LogP) is 3.82. The van der Waals surface area contributed by atoms with Crippen molar-refractivity contribution in [3.05, 3.63) is 60.0 Å². The maximum atomic E-state index is 10.4. The first kappa shape index (κ1) is 17.1. The van der Waals surface area contributed by atoms with E-state index in [1.807, 2.05) is 22.9 Å². The molecule has 2 aromatic heterocycles. The second-order valence-electron chi connectivity index (χ2n) is 7.59. The molecule has 2 N–H and O–H groups in total. The van der Waals surface area contributed by atoms with E-state index in [1.54, 1.807) is 12.4 Å². The first-order valence-corrected chi connectivity index (χ1v) is 9.77. The Hall–Kier alpha value is -2.99. The lowest BCUT2D eigenvalue weighted by atomic mass is 9.98. The lowest BCUT2D eigenvalue weighted by molar-refractivity contribution is 0.130. The summed E-state index contributed by atoms with van der Waals surface area (Å²) in [4.78, 5) is 4.12. The SMILES string of the molecule is O/N=C1\CCc2cc(-c3cn([C@H]4CCC[C@H]4O)nc3-c3ccncc3)ccc21. The van der Waals surface area contributed by atoms with Crippen LogP contribution in [0.25, 0.3) is 22.4 Å². The van der Waals surface area contributed by atoms with Crippen molar-refractivity contribution in [2.24, 2.45) is 5.16 Å². The van der Waals surface area contributed by atoms with Crippen LogP contribution in [0.4, 0.5) is 0 Å². The number of hydrogen-bond acceptors (Lipinski definition) is 5. The molecular formula is C22H22N4O2. The number of hydrogen-bond donors (Lipinski definition) is 2. The van der Waals surface area contributed by atoms with Gasteiger partial charge in [-0.1, -0.05) is 23.4 Å². The Morgan fingerprint density at radius 1 is 1.00 bits per heavy atom. The van der Waals surface area contributed by atoms with Gasteiger partial charge < -0.3 is 10.3 Å². The minimum atomic E-state index is -0.346. The summed E-state index contributed by atoms with van der Waals surface area (Å²) in [7, 11) is 0. The van der Waals surface area contributed by atoms with E-state index in [0.717, 1.165) is 65.8 Å². The summed E-state index contributed by atoms with van der Waals surface area (Å²) in [6, 6.07) is 10.2. The second-order valence-corrected chi connectivity index (χ2v) is 7.59. The molecule has 0 amide bonds. The van der Waals surface area contributed by atoms with E-state index in [-0.39, 0.29) is 12.1 Å². The van der Waals surface area contributed by atoms with E-state index in [1.165, 1.54) is 5.56 Å². The summed E-state index contributed by atoms with van der Waals surface area (Å²) in [5, 5.41) is 27.9. The lowest BCUT2D eigenvalue weighted by Crippen LogP contribution is -2.18. The summed E-state index contributed by atoms with van der Waals surface area (Å²) in [6.45, 7) is 0. The number of fused-ring (bicyclic) bond motifs is 1. The zero-order valence-corrected chi connectivity index (χ0v) is 15.5. The van der Waals surface area contributed by atoms with Gasteiger partial charge in [0.2, 0.25) is 0 Å². The highest BCUT2D eigenvalue weighted by atomic mass is 16.4. The number of pyridine rings is 1. The van der Waals surface area contributed by atoms with Crippen LogP contribution in [0, 0.1) is 0 Å². The summed E-state index contributed by atoms with van der Waals surface area (Å²) in [5.74, 6) is 0. The third kappa shape index (κ3) is 2.81. The monoisotopic (exact) mass is 374 g/mol. The van der Waals surface area contributed by atoms with Gasteiger partial charge in [0.05, 0.1) is 17.9 Å². The molecule has 0 spiro atoms. The van der Waals surface area contributed by atoms with E-state index in [9.17, 15) is 10.3 Å². The summed E-state index contributed by atoms with van der Waals surface area (Å²) in [5.41, 5.74) is 7.01. The maximum Gasteiger partial charge on any atom is 0.100 e. The van der Waals surface area contributed by atoms with Crippen molar-refractivity contribution in [2.45, 2.75) is 44.2 Å². The number of aliphatic hydroxyl groups is 1. The predicted molar refractivity (Wildman–Crippen MR) is 106 cm³/mol. The molecule has 0 unspecified atom stereocenters. The van der Waals surface area contributed by atoms with Crippen LogP contribution in [0.1, 0.15) is 42.9 Å². The van der Waals surface area contributed by atoms with Crippen LogP contribution < -0.4 is 0 Å². The lowest BCUT2D eigenvalue weighted by Gasteiger charge is -2.14. The topological polar surface area (TPSA) is 83.5 Å². The minimum absolute atomic E-state index is 0.0249. The molecule has 1 saturated carbocycles. The number of aromatic nitrogens is 3. The molecule has 2 atom stereocenters. The highest BCUT2D eigenvalue weighted by Crippen LogP contribution is 2.37. The molecule has 142 valence electrons. The smallest absolute Gasteiger partial charge is 0.100 e. The van der Waals surface area contributed by atoms with Crippen LogP contribution in [0.15, 0.2) is 54.1 Å². The van der Waals surface area contributed by atoms with Gasteiger partial charge in [-0.15, -0.1) is 0 Å². The minimum Gasteiger partial charge on any atom is -0.411 e. The first-order chi connectivity index (χ1) is 13.7. The molecule has 0 aliphatic heterocycles. The van der Waals surface area contributed by atoms with E-state index in [0.29, 0.717) is 0 Å². The standard InChI is InChI=1S/C22H22N4O2/c27-21-3-1-2-20(21)26-13-18(22(24-26)14-8-10-23-11-9-14)16-4-6-17-15(12-16)5-7-19(17)25-28/h4,6,8-13,20-21,27-28H,1-3,5,7H2/b25-19+/t20-,21+/m0/s1. The molecule has 2 aliphatic rings. The highest BCUT2D eigenvalue weighted by molar-refractivity contribution is 6.04. The van der Waals surface area contributed by atoms with Crippen molar-refractivity contribution < 1.29 is 10.3 Å². The van der Waals surface area contributed by atoms with Crippen molar-refractivity contribution >= 4 is 5.71 Å². The third-order valence-corrected chi connectivity index (χ3v) is 5.95. The molecule has 6 heteroatoms. The molecule has 0 bridgehead atoms. The van der Waals surface area contributed by atoms with Gasteiger partial charge in [0.15, 0.2) is 0 Å². The van der Waals surface area contributed by atoms with Crippen LogP contribution in [-0.2, 0) is 6.42 Å². The largest absolute Gasteiger partial charge is 0.411 e. The van der Waals surface area contributed by atoms with Crippen LogP contribution in [0.5, 0.6) is 0 Å². The maximum absolute atomic E-state index is 10.4. The van der Waals surface area contributed by atoms with Crippen LogP contribution in [0.2, 0.25) is 0 Å². The van der Waals surface area contributed by atoms with Crippen LogP contribution in [-0.4, -0.2) is 36.9 Å². The van der Waals surface area contributed by atoms with Gasteiger partial charge in [-0.3, -0.25) is 9.67 Å². The Bertz CT molecular complexity index is 1040. The van der Waals surface area contributed by atoms with Gasteiger partial charge in [0, 0.05) is 35.3 Å². The van der Waals surface area contributed by atoms with E-state index < -0.39 is 0 Å². The molecule has 0 radical (unpaired) electrons. The number of oxime groups is 1. The Labute approximate surface area is 163 Å².